The Hall–Kier alpha value is -3.71. The van der Waals surface area contributed by atoms with Crippen LogP contribution in [0.1, 0.15) is 10.4 Å². The zero-order valence-corrected chi connectivity index (χ0v) is 16.0. The van der Waals surface area contributed by atoms with Crippen LogP contribution < -0.4 is 25.4 Å². The van der Waals surface area contributed by atoms with Crippen molar-refractivity contribution in [2.24, 2.45) is 0 Å². The maximum absolute atomic E-state index is 12.6. The van der Waals surface area contributed by atoms with Gasteiger partial charge in [0, 0.05) is 10.7 Å². The summed E-state index contributed by atoms with van der Waals surface area (Å²) in [5.74, 6) is 1.03. The van der Waals surface area contributed by atoms with Crippen LogP contribution in [0.3, 0.4) is 0 Å². The number of ether oxygens (including phenoxy) is 2. The quantitative estimate of drug-likeness (QED) is 0.544. The maximum Gasteiger partial charge on any atom is 0.323 e. The van der Waals surface area contributed by atoms with Crippen LogP contribution in [0.25, 0.3) is 0 Å². The molecule has 29 heavy (non-hydrogen) atoms. The smallest absolute Gasteiger partial charge is 0.323 e. The van der Waals surface area contributed by atoms with Crippen LogP contribution in [-0.4, -0.2) is 19.0 Å². The molecule has 1 aliphatic rings. The minimum Gasteiger partial charge on any atom is -0.495 e. The number of benzene rings is 3. The number of anilines is 3. The average Bonchev–Trinajstić information content (AvgIpc) is 2.84. The van der Waals surface area contributed by atoms with Gasteiger partial charge in [-0.1, -0.05) is 23.7 Å². The van der Waals surface area contributed by atoms with Crippen molar-refractivity contribution in [1.82, 2.24) is 0 Å². The second-order valence-corrected chi connectivity index (χ2v) is 6.62. The number of urea groups is 1. The predicted octanol–water partition coefficient (Wildman–Crippen LogP) is 5.35. The number of nitrogens with one attached hydrogen (secondary N) is 3. The van der Waals surface area contributed by atoms with E-state index in [0.29, 0.717) is 39.3 Å². The highest BCUT2D eigenvalue weighted by Crippen LogP contribution is 2.38. The lowest BCUT2D eigenvalue weighted by Gasteiger charge is -2.12. The molecular weight excluding hydrogens is 394 g/mol. The van der Waals surface area contributed by atoms with Crippen molar-refractivity contribution >= 4 is 40.6 Å². The number of hydrogen-bond acceptors (Lipinski definition) is 4. The second kappa shape index (κ2) is 7.73. The summed E-state index contributed by atoms with van der Waals surface area (Å²) in [6.45, 7) is 0. The van der Waals surface area contributed by atoms with Gasteiger partial charge in [-0.15, -0.1) is 0 Å². The van der Waals surface area contributed by atoms with E-state index in [1.807, 2.05) is 0 Å². The third-order valence-corrected chi connectivity index (χ3v) is 4.48. The number of hydrogen-bond donors (Lipinski definition) is 3. The third-order valence-electron chi connectivity index (χ3n) is 4.25. The molecule has 7 nitrogen and oxygen atoms in total. The molecule has 0 bridgehead atoms. The topological polar surface area (TPSA) is 88.7 Å². The highest BCUT2D eigenvalue weighted by Gasteiger charge is 2.22. The van der Waals surface area contributed by atoms with Gasteiger partial charge in [0.1, 0.15) is 11.5 Å². The molecule has 3 amide bonds. The van der Waals surface area contributed by atoms with Gasteiger partial charge in [-0.25, -0.2) is 4.79 Å². The van der Waals surface area contributed by atoms with E-state index in [4.69, 9.17) is 21.1 Å². The number of carbonyl (C=O) groups is 2. The van der Waals surface area contributed by atoms with E-state index in [-0.39, 0.29) is 11.5 Å². The number of para-hydroxylation sites is 2. The zero-order valence-electron chi connectivity index (χ0n) is 15.3. The standard InChI is InChI=1S/C21H16ClN3O4/c1-28-18-5-3-2-4-15(18)25-21(27)23-13-7-9-17-14(11-13)20(26)24-16-10-12(22)6-8-19(16)29-17/h2-11H,1H3,(H,24,26)(H2,23,25,27). The molecule has 0 aliphatic carbocycles. The highest BCUT2D eigenvalue weighted by atomic mass is 35.5. The minimum atomic E-state index is -0.473. The Morgan fingerprint density at radius 3 is 2.66 bits per heavy atom. The van der Waals surface area contributed by atoms with Gasteiger partial charge in [0.2, 0.25) is 0 Å². The lowest BCUT2D eigenvalue weighted by Crippen LogP contribution is -2.20. The normalized spacial score (nSPS) is 11.9. The molecule has 0 saturated heterocycles. The van der Waals surface area contributed by atoms with Crippen molar-refractivity contribution < 1.29 is 19.1 Å². The average molecular weight is 410 g/mol. The molecule has 0 fully saturated rings. The first-order valence-electron chi connectivity index (χ1n) is 8.67. The van der Waals surface area contributed by atoms with Crippen LogP contribution in [0.15, 0.2) is 60.7 Å². The Labute approximate surface area is 171 Å². The van der Waals surface area contributed by atoms with Gasteiger partial charge in [0.05, 0.1) is 24.0 Å². The van der Waals surface area contributed by atoms with Gasteiger partial charge < -0.3 is 25.4 Å². The molecule has 3 aromatic carbocycles. The maximum atomic E-state index is 12.6. The van der Waals surface area contributed by atoms with Crippen molar-refractivity contribution in [2.75, 3.05) is 23.1 Å². The number of fused-ring (bicyclic) bond motifs is 2. The van der Waals surface area contributed by atoms with Crippen LogP contribution in [0.4, 0.5) is 21.9 Å². The summed E-state index contributed by atoms with van der Waals surface area (Å²) in [4.78, 5) is 25.0. The van der Waals surface area contributed by atoms with Crippen LogP contribution in [0.5, 0.6) is 17.2 Å². The van der Waals surface area contributed by atoms with Gasteiger partial charge in [0.15, 0.2) is 5.75 Å². The predicted molar refractivity (Wildman–Crippen MR) is 112 cm³/mol. The molecule has 146 valence electrons. The summed E-state index contributed by atoms with van der Waals surface area (Å²) >= 11 is 5.99. The van der Waals surface area contributed by atoms with Crippen LogP contribution >= 0.6 is 11.6 Å². The Bertz CT molecular complexity index is 1120. The summed E-state index contributed by atoms with van der Waals surface area (Å²) in [6.07, 6.45) is 0. The monoisotopic (exact) mass is 409 g/mol. The van der Waals surface area contributed by atoms with Gasteiger partial charge in [-0.05, 0) is 48.5 Å². The summed E-state index contributed by atoms with van der Waals surface area (Å²) < 4.78 is 11.0. The van der Waals surface area contributed by atoms with Crippen molar-refractivity contribution in [3.05, 3.63) is 71.2 Å². The van der Waals surface area contributed by atoms with Crippen molar-refractivity contribution in [1.29, 1.82) is 0 Å². The molecule has 1 aliphatic heterocycles. The number of halogens is 1. The minimum absolute atomic E-state index is 0.285. The summed E-state index contributed by atoms with van der Waals surface area (Å²) in [6, 6.07) is 16.4. The van der Waals surface area contributed by atoms with Gasteiger partial charge in [-0.3, -0.25) is 4.79 Å². The molecule has 8 heteroatoms. The first-order valence-corrected chi connectivity index (χ1v) is 9.05. The highest BCUT2D eigenvalue weighted by molar-refractivity contribution is 6.31. The van der Waals surface area contributed by atoms with Crippen molar-refractivity contribution in [3.8, 4) is 17.2 Å². The molecule has 0 aromatic heterocycles. The molecule has 3 N–H and O–H groups in total. The van der Waals surface area contributed by atoms with Crippen LogP contribution in [0.2, 0.25) is 5.02 Å². The Morgan fingerprint density at radius 2 is 1.83 bits per heavy atom. The molecule has 0 spiro atoms. The number of amides is 3. The van der Waals surface area contributed by atoms with E-state index in [2.05, 4.69) is 16.0 Å². The Morgan fingerprint density at radius 1 is 1.03 bits per heavy atom. The lowest BCUT2D eigenvalue weighted by molar-refractivity contribution is 0.102. The van der Waals surface area contributed by atoms with E-state index in [1.54, 1.807) is 60.7 Å². The van der Waals surface area contributed by atoms with Gasteiger partial charge >= 0.3 is 6.03 Å². The van der Waals surface area contributed by atoms with E-state index < -0.39 is 6.03 Å². The molecule has 0 radical (unpaired) electrons. The number of rotatable bonds is 3. The van der Waals surface area contributed by atoms with E-state index in [0.717, 1.165) is 0 Å². The molecule has 3 aromatic rings. The second-order valence-electron chi connectivity index (χ2n) is 6.19. The first kappa shape index (κ1) is 18.6. The van der Waals surface area contributed by atoms with Gasteiger partial charge in [0.25, 0.3) is 5.91 Å². The fraction of sp³-hybridized carbons (Fsp3) is 0.0476. The Balaban J connectivity index is 1.54. The Kier molecular flexibility index (Phi) is 4.97. The fourth-order valence-electron chi connectivity index (χ4n) is 2.90. The molecular formula is C21H16ClN3O4. The van der Waals surface area contributed by atoms with E-state index in [1.165, 1.54) is 7.11 Å². The van der Waals surface area contributed by atoms with Crippen LogP contribution in [-0.2, 0) is 0 Å². The molecule has 0 atom stereocenters. The molecule has 0 unspecified atom stereocenters. The molecule has 4 rings (SSSR count). The zero-order chi connectivity index (χ0) is 20.4. The number of carbonyl (C=O) groups excluding carboxylic acids is 2. The number of methoxy groups -OCH3 is 1. The summed E-state index contributed by atoms with van der Waals surface area (Å²) in [7, 11) is 1.52. The SMILES string of the molecule is COc1ccccc1NC(=O)Nc1ccc2c(c1)C(=O)Nc1cc(Cl)ccc1O2. The van der Waals surface area contributed by atoms with E-state index >= 15 is 0 Å². The first-order chi connectivity index (χ1) is 14.0. The van der Waals surface area contributed by atoms with Gasteiger partial charge in [-0.2, -0.15) is 0 Å². The summed E-state index contributed by atoms with van der Waals surface area (Å²) in [5, 5.41) is 8.66. The van der Waals surface area contributed by atoms with Crippen LogP contribution in [0, 0.1) is 0 Å². The van der Waals surface area contributed by atoms with Crippen molar-refractivity contribution in [3.63, 3.8) is 0 Å². The lowest BCUT2D eigenvalue weighted by atomic mass is 10.1. The third kappa shape index (κ3) is 3.95. The van der Waals surface area contributed by atoms with Crippen molar-refractivity contribution in [2.45, 2.75) is 0 Å². The largest absolute Gasteiger partial charge is 0.495 e. The molecule has 1 heterocycles. The van der Waals surface area contributed by atoms with E-state index in [9.17, 15) is 9.59 Å². The molecule has 0 saturated carbocycles. The fourth-order valence-corrected chi connectivity index (χ4v) is 3.08. The summed E-state index contributed by atoms with van der Waals surface area (Å²) in [5.41, 5.74) is 1.71.